The maximum absolute atomic E-state index is 13.4. The Morgan fingerprint density at radius 3 is 2.70 bits per heavy atom. The van der Waals surface area contributed by atoms with Gasteiger partial charge in [0.1, 0.15) is 11.4 Å². The molecule has 0 spiro atoms. The van der Waals surface area contributed by atoms with Crippen molar-refractivity contribution in [1.29, 1.82) is 0 Å². The molecule has 0 fully saturated rings. The number of nitrogens with zero attached hydrogens (tertiary/aromatic N) is 1. The minimum absolute atomic E-state index is 0.107. The van der Waals surface area contributed by atoms with E-state index in [9.17, 15) is 14.0 Å². The standard InChI is InChI=1S/C20H19FN2O3S/c1-12-14-10-13(21)8-9-16(14)26-19(12)20(25)23(2)11-18(24)22-15-6-4-5-7-17(15)27-3/h4-10H,11H2,1-3H3,(H,22,24). The zero-order valence-corrected chi connectivity index (χ0v) is 16.0. The van der Waals surface area contributed by atoms with Gasteiger partial charge in [-0.2, -0.15) is 0 Å². The lowest BCUT2D eigenvalue weighted by Gasteiger charge is -2.16. The average Bonchev–Trinajstić information content (AvgIpc) is 2.97. The van der Waals surface area contributed by atoms with Crippen LogP contribution in [0, 0.1) is 12.7 Å². The zero-order valence-electron chi connectivity index (χ0n) is 15.2. The van der Waals surface area contributed by atoms with Gasteiger partial charge in [0.2, 0.25) is 5.91 Å². The van der Waals surface area contributed by atoms with Crippen molar-refractivity contribution >= 4 is 40.2 Å². The van der Waals surface area contributed by atoms with Gasteiger partial charge in [-0.15, -0.1) is 11.8 Å². The summed E-state index contributed by atoms with van der Waals surface area (Å²) in [5.41, 5.74) is 1.68. The Bertz CT molecular complexity index is 1020. The van der Waals surface area contributed by atoms with Crippen LogP contribution in [0.1, 0.15) is 16.1 Å². The SMILES string of the molecule is CSc1ccccc1NC(=O)CN(C)C(=O)c1oc2ccc(F)cc2c1C. The second-order valence-corrected chi connectivity index (χ2v) is 6.95. The summed E-state index contributed by atoms with van der Waals surface area (Å²) in [6.07, 6.45) is 1.92. The van der Waals surface area contributed by atoms with Crippen molar-refractivity contribution < 1.29 is 18.4 Å². The van der Waals surface area contributed by atoms with E-state index in [1.165, 1.54) is 41.9 Å². The second-order valence-electron chi connectivity index (χ2n) is 6.11. The summed E-state index contributed by atoms with van der Waals surface area (Å²) in [5.74, 6) is -1.04. The minimum Gasteiger partial charge on any atom is -0.451 e. The topological polar surface area (TPSA) is 62.6 Å². The zero-order chi connectivity index (χ0) is 19.6. The lowest BCUT2D eigenvalue weighted by Crippen LogP contribution is -2.35. The van der Waals surface area contributed by atoms with Gasteiger partial charge in [0.05, 0.1) is 12.2 Å². The fourth-order valence-corrected chi connectivity index (χ4v) is 3.35. The molecule has 0 atom stereocenters. The van der Waals surface area contributed by atoms with E-state index < -0.39 is 11.7 Å². The maximum Gasteiger partial charge on any atom is 0.290 e. The number of nitrogens with one attached hydrogen (secondary N) is 1. The van der Waals surface area contributed by atoms with Crippen LogP contribution in [0.3, 0.4) is 0 Å². The summed E-state index contributed by atoms with van der Waals surface area (Å²) in [4.78, 5) is 27.2. The molecule has 0 unspecified atom stereocenters. The molecular weight excluding hydrogens is 367 g/mol. The molecule has 1 N–H and O–H groups in total. The van der Waals surface area contributed by atoms with Crippen molar-refractivity contribution in [3.8, 4) is 0 Å². The number of carbonyl (C=O) groups excluding carboxylic acids is 2. The molecule has 0 saturated carbocycles. The highest BCUT2D eigenvalue weighted by Gasteiger charge is 2.23. The number of likely N-dealkylation sites (N-methyl/N-ethyl adjacent to an activating group) is 1. The minimum atomic E-state index is -0.433. The van der Waals surface area contributed by atoms with E-state index in [1.54, 1.807) is 6.92 Å². The first-order valence-electron chi connectivity index (χ1n) is 8.27. The molecule has 140 valence electrons. The number of benzene rings is 2. The third-order valence-corrected chi connectivity index (χ3v) is 5.00. The molecule has 1 aromatic heterocycles. The van der Waals surface area contributed by atoms with E-state index in [1.807, 2.05) is 30.5 Å². The smallest absolute Gasteiger partial charge is 0.290 e. The Balaban J connectivity index is 1.74. The van der Waals surface area contributed by atoms with Crippen LogP contribution < -0.4 is 5.32 Å². The molecule has 0 aliphatic carbocycles. The Morgan fingerprint density at radius 1 is 1.22 bits per heavy atom. The molecule has 7 heteroatoms. The van der Waals surface area contributed by atoms with Crippen LogP contribution in [-0.2, 0) is 4.79 Å². The Hall–Kier alpha value is -2.80. The van der Waals surface area contributed by atoms with Crippen molar-refractivity contribution in [2.75, 3.05) is 25.2 Å². The number of anilines is 1. The van der Waals surface area contributed by atoms with E-state index in [0.29, 0.717) is 22.2 Å². The first-order valence-corrected chi connectivity index (χ1v) is 9.50. The van der Waals surface area contributed by atoms with Crippen molar-refractivity contribution in [1.82, 2.24) is 4.90 Å². The number of hydrogen-bond donors (Lipinski definition) is 1. The number of fused-ring (bicyclic) bond motifs is 1. The first-order chi connectivity index (χ1) is 12.9. The number of aryl methyl sites for hydroxylation is 1. The molecule has 1 heterocycles. The summed E-state index contributed by atoms with van der Waals surface area (Å²) in [6.45, 7) is 1.56. The molecule has 3 rings (SSSR count). The summed E-state index contributed by atoms with van der Waals surface area (Å²) >= 11 is 1.52. The predicted molar refractivity (Wildman–Crippen MR) is 105 cm³/mol. The van der Waals surface area contributed by atoms with Crippen molar-refractivity contribution in [3.63, 3.8) is 0 Å². The summed E-state index contributed by atoms with van der Waals surface area (Å²) in [6, 6.07) is 11.5. The molecule has 0 radical (unpaired) electrons. The molecular formula is C20H19FN2O3S. The van der Waals surface area contributed by atoms with Gasteiger partial charge in [-0.3, -0.25) is 9.59 Å². The van der Waals surface area contributed by atoms with Gasteiger partial charge in [-0.25, -0.2) is 4.39 Å². The molecule has 3 aromatic rings. The van der Waals surface area contributed by atoms with Crippen LogP contribution in [0.25, 0.3) is 11.0 Å². The molecule has 0 aliphatic heterocycles. The monoisotopic (exact) mass is 386 g/mol. The number of carbonyl (C=O) groups is 2. The van der Waals surface area contributed by atoms with Gasteiger partial charge < -0.3 is 14.6 Å². The second kappa shape index (κ2) is 7.84. The van der Waals surface area contributed by atoms with Crippen molar-refractivity contribution in [3.05, 3.63) is 59.6 Å². The Labute approximate surface area is 160 Å². The molecule has 2 aromatic carbocycles. The highest BCUT2D eigenvalue weighted by atomic mass is 32.2. The van der Waals surface area contributed by atoms with E-state index in [4.69, 9.17) is 4.42 Å². The van der Waals surface area contributed by atoms with E-state index in [2.05, 4.69) is 5.32 Å². The fraction of sp³-hybridized carbons (Fsp3) is 0.200. The van der Waals surface area contributed by atoms with E-state index in [-0.39, 0.29) is 18.2 Å². The number of furan rings is 1. The van der Waals surface area contributed by atoms with Crippen LogP contribution in [0.2, 0.25) is 0 Å². The van der Waals surface area contributed by atoms with Gasteiger partial charge in [0.25, 0.3) is 5.91 Å². The van der Waals surface area contributed by atoms with Gasteiger partial charge in [-0.1, -0.05) is 12.1 Å². The van der Waals surface area contributed by atoms with Crippen LogP contribution in [0.4, 0.5) is 10.1 Å². The predicted octanol–water partition coefficient (Wildman–Crippen LogP) is 4.31. The Morgan fingerprint density at radius 2 is 1.96 bits per heavy atom. The number of amides is 2. The number of halogens is 1. The quantitative estimate of drug-likeness (QED) is 0.664. The molecule has 5 nitrogen and oxygen atoms in total. The van der Waals surface area contributed by atoms with Crippen molar-refractivity contribution in [2.24, 2.45) is 0 Å². The molecule has 27 heavy (non-hydrogen) atoms. The van der Waals surface area contributed by atoms with E-state index in [0.717, 1.165) is 4.90 Å². The third kappa shape index (κ3) is 3.98. The molecule has 0 bridgehead atoms. The van der Waals surface area contributed by atoms with Crippen LogP contribution in [0.5, 0.6) is 0 Å². The highest BCUT2D eigenvalue weighted by molar-refractivity contribution is 7.98. The largest absolute Gasteiger partial charge is 0.451 e. The van der Waals surface area contributed by atoms with Gasteiger partial charge in [0.15, 0.2) is 5.76 Å². The fourth-order valence-electron chi connectivity index (χ4n) is 2.80. The number of rotatable bonds is 5. The van der Waals surface area contributed by atoms with Gasteiger partial charge in [0, 0.05) is 22.9 Å². The summed E-state index contributed by atoms with van der Waals surface area (Å²) in [5, 5.41) is 3.36. The first kappa shape index (κ1) is 19.0. The summed E-state index contributed by atoms with van der Waals surface area (Å²) in [7, 11) is 1.52. The number of para-hydroxylation sites is 1. The van der Waals surface area contributed by atoms with Crippen LogP contribution >= 0.6 is 11.8 Å². The third-order valence-electron chi connectivity index (χ3n) is 4.20. The highest BCUT2D eigenvalue weighted by Crippen LogP contribution is 2.27. The summed E-state index contributed by atoms with van der Waals surface area (Å²) < 4.78 is 19.0. The average molecular weight is 386 g/mol. The number of thioether (sulfide) groups is 1. The van der Waals surface area contributed by atoms with Crippen molar-refractivity contribution in [2.45, 2.75) is 11.8 Å². The molecule has 2 amide bonds. The van der Waals surface area contributed by atoms with Gasteiger partial charge in [-0.05, 0) is 43.5 Å². The van der Waals surface area contributed by atoms with Crippen LogP contribution in [0.15, 0.2) is 51.8 Å². The Kier molecular flexibility index (Phi) is 5.51. The van der Waals surface area contributed by atoms with E-state index >= 15 is 0 Å². The molecule has 0 saturated heterocycles. The maximum atomic E-state index is 13.4. The number of hydrogen-bond acceptors (Lipinski definition) is 4. The lowest BCUT2D eigenvalue weighted by molar-refractivity contribution is -0.116. The normalized spacial score (nSPS) is 10.8. The van der Waals surface area contributed by atoms with Gasteiger partial charge >= 0.3 is 0 Å². The van der Waals surface area contributed by atoms with Crippen LogP contribution in [-0.4, -0.2) is 36.6 Å². The lowest BCUT2D eigenvalue weighted by atomic mass is 10.1. The molecule has 0 aliphatic rings.